The largest absolute Gasteiger partial charge is 0.507 e. The van der Waals surface area contributed by atoms with Crippen LogP contribution in [0, 0.1) is 19.7 Å². The number of fused-ring (bicyclic) bond motifs is 1. The molecule has 1 atom stereocenters. The van der Waals surface area contributed by atoms with E-state index >= 15 is 0 Å². The molecule has 1 N–H and O–H groups in total. The summed E-state index contributed by atoms with van der Waals surface area (Å²) < 4.78 is 19.9. The summed E-state index contributed by atoms with van der Waals surface area (Å²) in [7, 11) is 1.49. The minimum atomic E-state index is -0.988. The van der Waals surface area contributed by atoms with E-state index in [4.69, 9.17) is 9.72 Å². The Hall–Kier alpha value is -4.04. The maximum atomic E-state index is 13.5. The van der Waals surface area contributed by atoms with E-state index in [0.29, 0.717) is 16.4 Å². The van der Waals surface area contributed by atoms with Crippen LogP contribution in [0.1, 0.15) is 28.3 Å². The molecule has 1 saturated heterocycles. The van der Waals surface area contributed by atoms with Gasteiger partial charge in [-0.3, -0.25) is 14.5 Å². The zero-order valence-corrected chi connectivity index (χ0v) is 20.0. The van der Waals surface area contributed by atoms with Crippen LogP contribution in [0.2, 0.25) is 0 Å². The molecular weight excluding hydrogens is 467 g/mol. The second-order valence-electron chi connectivity index (χ2n) is 8.34. The van der Waals surface area contributed by atoms with Crippen molar-refractivity contribution in [3.63, 3.8) is 0 Å². The zero-order valence-electron chi connectivity index (χ0n) is 19.2. The average molecular weight is 489 g/mol. The van der Waals surface area contributed by atoms with Crippen molar-refractivity contribution in [2.24, 2.45) is 0 Å². The van der Waals surface area contributed by atoms with Gasteiger partial charge < -0.3 is 9.84 Å². The fourth-order valence-corrected chi connectivity index (χ4v) is 5.61. The van der Waals surface area contributed by atoms with Gasteiger partial charge in [-0.25, -0.2) is 9.37 Å². The summed E-state index contributed by atoms with van der Waals surface area (Å²) in [5.74, 6) is -2.09. The Morgan fingerprint density at radius 1 is 1.09 bits per heavy atom. The Morgan fingerprint density at radius 2 is 1.80 bits per heavy atom. The molecule has 6 nitrogen and oxygen atoms in total. The van der Waals surface area contributed by atoms with Crippen LogP contribution >= 0.6 is 11.3 Å². The van der Waals surface area contributed by atoms with Gasteiger partial charge in [-0.15, -0.1) is 0 Å². The third-order valence-corrected chi connectivity index (χ3v) is 7.02. The van der Waals surface area contributed by atoms with Gasteiger partial charge in [0.25, 0.3) is 5.78 Å². The van der Waals surface area contributed by atoms with Crippen LogP contribution in [0.15, 0.2) is 66.2 Å². The zero-order chi connectivity index (χ0) is 24.9. The number of methoxy groups -OCH3 is 1. The molecule has 1 aromatic heterocycles. The van der Waals surface area contributed by atoms with Crippen molar-refractivity contribution in [1.82, 2.24) is 4.98 Å². The first-order valence-corrected chi connectivity index (χ1v) is 11.7. The first kappa shape index (κ1) is 22.7. The number of ketones is 1. The quantitative estimate of drug-likeness (QED) is 0.227. The Morgan fingerprint density at radius 3 is 2.51 bits per heavy atom. The van der Waals surface area contributed by atoms with Gasteiger partial charge in [0.05, 0.1) is 22.9 Å². The molecule has 3 aromatic carbocycles. The highest BCUT2D eigenvalue weighted by molar-refractivity contribution is 7.22. The summed E-state index contributed by atoms with van der Waals surface area (Å²) in [6, 6.07) is 15.1. The van der Waals surface area contributed by atoms with Gasteiger partial charge in [-0.05, 0) is 61.4 Å². The summed E-state index contributed by atoms with van der Waals surface area (Å²) in [4.78, 5) is 32.8. The number of thiazole rings is 1. The summed E-state index contributed by atoms with van der Waals surface area (Å²) in [6.45, 7) is 3.93. The number of amides is 1. The smallest absolute Gasteiger partial charge is 0.301 e. The molecule has 8 heteroatoms. The number of Topliss-reactive ketones (excluding diaryl/α,β-unsaturated/α-hetero) is 1. The number of benzene rings is 3. The van der Waals surface area contributed by atoms with Crippen LogP contribution < -0.4 is 9.64 Å². The molecule has 4 aromatic rings. The number of ether oxygens (including phenoxy) is 1. The van der Waals surface area contributed by atoms with E-state index < -0.39 is 29.3 Å². The SMILES string of the molecule is COc1ccccc1C1C(=C(O)c2ccc(F)cc2)C(=O)C(=O)N1c1nc2c(C)cc(C)cc2s1. The number of anilines is 1. The third-order valence-electron chi connectivity index (χ3n) is 6.02. The molecule has 1 aliphatic rings. The summed E-state index contributed by atoms with van der Waals surface area (Å²) in [5, 5.41) is 11.5. The Labute approximate surface area is 204 Å². The van der Waals surface area contributed by atoms with Crippen molar-refractivity contribution in [1.29, 1.82) is 0 Å². The van der Waals surface area contributed by atoms with Crippen molar-refractivity contribution < 1.29 is 23.8 Å². The third kappa shape index (κ3) is 3.76. The highest BCUT2D eigenvalue weighted by Crippen LogP contribution is 2.46. The van der Waals surface area contributed by atoms with Gasteiger partial charge in [-0.2, -0.15) is 0 Å². The molecule has 176 valence electrons. The van der Waals surface area contributed by atoms with E-state index in [-0.39, 0.29) is 11.1 Å². The lowest BCUT2D eigenvalue weighted by molar-refractivity contribution is -0.132. The van der Waals surface area contributed by atoms with Crippen molar-refractivity contribution in [2.75, 3.05) is 12.0 Å². The lowest BCUT2D eigenvalue weighted by Crippen LogP contribution is -2.29. The van der Waals surface area contributed by atoms with Crippen molar-refractivity contribution >= 4 is 44.1 Å². The Kier molecular flexibility index (Phi) is 5.61. The van der Waals surface area contributed by atoms with Crippen LogP contribution in [0.5, 0.6) is 5.75 Å². The molecule has 5 rings (SSSR count). The normalized spacial score (nSPS) is 17.4. The number of para-hydroxylation sites is 1. The van der Waals surface area contributed by atoms with E-state index in [0.717, 1.165) is 21.3 Å². The maximum Gasteiger partial charge on any atom is 0.301 e. The molecule has 35 heavy (non-hydrogen) atoms. The number of aliphatic hydroxyl groups excluding tert-OH is 1. The highest BCUT2D eigenvalue weighted by atomic mass is 32.1. The second-order valence-corrected chi connectivity index (χ2v) is 9.35. The van der Waals surface area contributed by atoms with Gasteiger partial charge in [0.15, 0.2) is 5.13 Å². The summed E-state index contributed by atoms with van der Waals surface area (Å²) >= 11 is 1.30. The number of carbonyl (C=O) groups is 2. The summed E-state index contributed by atoms with van der Waals surface area (Å²) in [5.41, 5.74) is 3.39. The Bertz CT molecular complexity index is 1520. The number of hydrogen-bond donors (Lipinski definition) is 1. The van der Waals surface area contributed by atoms with E-state index in [2.05, 4.69) is 0 Å². The number of carbonyl (C=O) groups excluding carboxylic acids is 2. The molecule has 0 saturated carbocycles. The van der Waals surface area contributed by atoms with E-state index in [1.807, 2.05) is 26.0 Å². The van der Waals surface area contributed by atoms with E-state index in [1.165, 1.54) is 47.6 Å². The molecule has 1 amide bonds. The fourth-order valence-electron chi connectivity index (χ4n) is 4.44. The van der Waals surface area contributed by atoms with Crippen molar-refractivity contribution in [3.05, 3.63) is 94.3 Å². The monoisotopic (exact) mass is 488 g/mol. The van der Waals surface area contributed by atoms with Crippen LogP contribution in [0.4, 0.5) is 9.52 Å². The first-order chi connectivity index (χ1) is 16.8. The van der Waals surface area contributed by atoms with Gasteiger partial charge >= 0.3 is 5.91 Å². The van der Waals surface area contributed by atoms with Gasteiger partial charge in [0.2, 0.25) is 0 Å². The summed E-state index contributed by atoms with van der Waals surface area (Å²) in [6.07, 6.45) is 0. The number of aliphatic hydroxyl groups is 1. The average Bonchev–Trinajstić information content (AvgIpc) is 3.37. The number of hydrogen-bond acceptors (Lipinski definition) is 6. The maximum absolute atomic E-state index is 13.5. The van der Waals surface area contributed by atoms with Crippen LogP contribution in [0.25, 0.3) is 16.0 Å². The highest BCUT2D eigenvalue weighted by Gasteiger charge is 2.49. The molecule has 0 spiro atoms. The number of aromatic nitrogens is 1. The molecular formula is C27H21FN2O4S. The Balaban J connectivity index is 1.77. The number of nitrogens with zero attached hydrogens (tertiary/aromatic N) is 2. The van der Waals surface area contributed by atoms with Crippen LogP contribution in [0.3, 0.4) is 0 Å². The van der Waals surface area contributed by atoms with Gasteiger partial charge in [0.1, 0.15) is 23.4 Å². The van der Waals surface area contributed by atoms with Crippen LogP contribution in [-0.4, -0.2) is 28.9 Å². The molecule has 0 radical (unpaired) electrons. The van der Waals surface area contributed by atoms with Crippen molar-refractivity contribution in [3.8, 4) is 5.75 Å². The topological polar surface area (TPSA) is 79.7 Å². The molecule has 0 aliphatic carbocycles. The van der Waals surface area contributed by atoms with Crippen LogP contribution in [-0.2, 0) is 9.59 Å². The predicted octanol–water partition coefficient (Wildman–Crippen LogP) is 5.69. The minimum absolute atomic E-state index is 0.113. The first-order valence-electron chi connectivity index (χ1n) is 10.9. The standard InChI is InChI=1S/C27H21FN2O4S/c1-14-12-15(2)22-20(13-14)35-27(29-22)30-23(18-6-4-5-7-19(18)34-3)21(25(32)26(30)33)24(31)16-8-10-17(28)11-9-16/h4-13,23,31H,1-3H3. The van der Waals surface area contributed by atoms with Gasteiger partial charge in [0, 0.05) is 11.1 Å². The lowest BCUT2D eigenvalue weighted by atomic mass is 9.94. The minimum Gasteiger partial charge on any atom is -0.507 e. The molecule has 1 fully saturated rings. The molecule has 0 bridgehead atoms. The predicted molar refractivity (Wildman–Crippen MR) is 133 cm³/mol. The van der Waals surface area contributed by atoms with Gasteiger partial charge in [-0.1, -0.05) is 35.6 Å². The molecule has 2 heterocycles. The second kappa shape index (κ2) is 8.63. The molecule has 1 unspecified atom stereocenters. The lowest BCUT2D eigenvalue weighted by Gasteiger charge is -2.24. The van der Waals surface area contributed by atoms with Crippen molar-refractivity contribution in [2.45, 2.75) is 19.9 Å². The van der Waals surface area contributed by atoms with E-state index in [9.17, 15) is 19.1 Å². The van der Waals surface area contributed by atoms with E-state index in [1.54, 1.807) is 24.3 Å². The number of halogens is 1. The number of aryl methyl sites for hydroxylation is 2. The number of rotatable bonds is 4. The molecule has 1 aliphatic heterocycles. The fraction of sp³-hybridized carbons (Fsp3) is 0.148.